The average molecular weight is 555 g/mol. The van der Waals surface area contributed by atoms with Crippen LogP contribution >= 0.6 is 0 Å². The summed E-state index contributed by atoms with van der Waals surface area (Å²) in [4.78, 5) is 4.75. The van der Waals surface area contributed by atoms with Gasteiger partial charge in [0.25, 0.3) is 0 Å². The number of hydrogen-bond donors (Lipinski definition) is 0. The maximum absolute atomic E-state index is 2.56. The number of hydrogen-bond acceptors (Lipinski definition) is 2. The van der Waals surface area contributed by atoms with Crippen molar-refractivity contribution in [2.45, 2.75) is 111 Å². The van der Waals surface area contributed by atoms with Crippen LogP contribution in [0.25, 0.3) is 0 Å². The fraction of sp³-hybridized carbons (Fsp3) is 0.538. The van der Waals surface area contributed by atoms with Gasteiger partial charge < -0.3 is 9.80 Å². The highest BCUT2D eigenvalue weighted by Crippen LogP contribution is 2.42. The van der Waals surface area contributed by atoms with E-state index in [2.05, 4.69) is 138 Å². The van der Waals surface area contributed by atoms with E-state index in [9.17, 15) is 0 Å². The van der Waals surface area contributed by atoms with Gasteiger partial charge in [0, 0.05) is 48.9 Å². The van der Waals surface area contributed by atoms with Crippen LogP contribution in [0, 0.1) is 0 Å². The molecule has 0 saturated carbocycles. The van der Waals surface area contributed by atoms with E-state index < -0.39 is 0 Å². The van der Waals surface area contributed by atoms with Crippen LogP contribution in [0.3, 0.4) is 0 Å². The Morgan fingerprint density at radius 3 is 1.34 bits per heavy atom. The molecule has 2 atom stereocenters. The summed E-state index contributed by atoms with van der Waals surface area (Å²) in [6, 6.07) is 28.5. The standard InChI is InChI=1S/C39H58N2/c1-9-14-16-29-38(6,32-21-25-36(26-22-32)40(8)11-3)34-19-18-20-35(31-34)39(7,30-17-15-10-2)33-23-27-37(28-24-33)41(12-4)13-5/h18-28,31H,9-17,29-30H2,1-8H3. The predicted octanol–water partition coefficient (Wildman–Crippen LogP) is 10.8. The molecule has 0 spiro atoms. The summed E-state index contributed by atoms with van der Waals surface area (Å²) < 4.78 is 0. The Labute approximate surface area is 253 Å². The van der Waals surface area contributed by atoms with E-state index in [4.69, 9.17) is 0 Å². The molecule has 2 unspecified atom stereocenters. The molecule has 0 aromatic heterocycles. The minimum absolute atomic E-state index is 0.0224. The summed E-state index contributed by atoms with van der Waals surface area (Å²) in [6.45, 7) is 19.4. The first-order valence-corrected chi connectivity index (χ1v) is 16.5. The monoisotopic (exact) mass is 554 g/mol. The highest BCUT2D eigenvalue weighted by atomic mass is 15.1. The molecule has 3 rings (SSSR count). The zero-order valence-corrected chi connectivity index (χ0v) is 27.6. The summed E-state index contributed by atoms with van der Waals surface area (Å²) in [5.74, 6) is 0. The van der Waals surface area contributed by atoms with E-state index in [0.717, 1.165) is 19.6 Å². The average Bonchev–Trinajstić information content (AvgIpc) is 3.01. The highest BCUT2D eigenvalue weighted by molar-refractivity contribution is 5.53. The molecule has 0 N–H and O–H groups in total. The van der Waals surface area contributed by atoms with Crippen LogP contribution in [0.4, 0.5) is 11.4 Å². The molecule has 0 aliphatic rings. The second-order valence-electron chi connectivity index (χ2n) is 12.4. The molecule has 0 saturated heterocycles. The van der Waals surface area contributed by atoms with Gasteiger partial charge in [-0.05, 0) is 80.1 Å². The first-order valence-electron chi connectivity index (χ1n) is 16.5. The minimum Gasteiger partial charge on any atom is -0.375 e. The van der Waals surface area contributed by atoms with Gasteiger partial charge in [-0.1, -0.05) is 115 Å². The molecule has 3 aromatic rings. The quantitative estimate of drug-likeness (QED) is 0.153. The van der Waals surface area contributed by atoms with Crippen molar-refractivity contribution < 1.29 is 0 Å². The van der Waals surface area contributed by atoms with Crippen molar-refractivity contribution in [1.82, 2.24) is 0 Å². The van der Waals surface area contributed by atoms with Crippen LogP contribution in [0.5, 0.6) is 0 Å². The Balaban J connectivity index is 2.08. The number of nitrogens with zero attached hydrogens (tertiary/aromatic N) is 2. The van der Waals surface area contributed by atoms with E-state index in [-0.39, 0.29) is 10.8 Å². The van der Waals surface area contributed by atoms with Crippen molar-refractivity contribution in [2.24, 2.45) is 0 Å². The lowest BCUT2D eigenvalue weighted by molar-refractivity contribution is 0.470. The van der Waals surface area contributed by atoms with Gasteiger partial charge in [-0.25, -0.2) is 0 Å². The summed E-state index contributed by atoms with van der Waals surface area (Å²) in [6.07, 6.45) is 9.87. The van der Waals surface area contributed by atoms with Gasteiger partial charge in [0.05, 0.1) is 0 Å². The maximum Gasteiger partial charge on any atom is 0.0366 e. The van der Waals surface area contributed by atoms with Gasteiger partial charge in [0.2, 0.25) is 0 Å². The predicted molar refractivity (Wildman–Crippen MR) is 183 cm³/mol. The molecule has 0 heterocycles. The summed E-state index contributed by atoms with van der Waals surface area (Å²) in [5.41, 5.74) is 8.32. The number of benzene rings is 3. The molecular weight excluding hydrogens is 496 g/mol. The smallest absolute Gasteiger partial charge is 0.0366 e. The summed E-state index contributed by atoms with van der Waals surface area (Å²) in [5, 5.41) is 0. The van der Waals surface area contributed by atoms with Gasteiger partial charge in [0.15, 0.2) is 0 Å². The van der Waals surface area contributed by atoms with Crippen molar-refractivity contribution in [3.63, 3.8) is 0 Å². The first kappa shape index (κ1) is 32.8. The van der Waals surface area contributed by atoms with E-state index in [1.165, 1.54) is 85.0 Å². The Kier molecular flexibility index (Phi) is 12.4. The molecule has 0 bridgehead atoms. The molecule has 0 aliphatic heterocycles. The van der Waals surface area contributed by atoms with Gasteiger partial charge in [-0.15, -0.1) is 0 Å². The Bertz CT molecular complexity index is 1160. The third kappa shape index (κ3) is 7.76. The lowest BCUT2D eigenvalue weighted by atomic mass is 9.68. The first-order chi connectivity index (χ1) is 19.8. The second kappa shape index (κ2) is 15.5. The van der Waals surface area contributed by atoms with Crippen molar-refractivity contribution in [3.05, 3.63) is 95.1 Å². The van der Waals surface area contributed by atoms with Crippen LogP contribution in [0.1, 0.15) is 122 Å². The van der Waals surface area contributed by atoms with Crippen molar-refractivity contribution in [1.29, 1.82) is 0 Å². The molecule has 0 radical (unpaired) electrons. The van der Waals surface area contributed by atoms with Gasteiger partial charge in [-0.3, -0.25) is 0 Å². The van der Waals surface area contributed by atoms with E-state index >= 15 is 0 Å². The van der Waals surface area contributed by atoms with Gasteiger partial charge >= 0.3 is 0 Å². The van der Waals surface area contributed by atoms with E-state index in [1.807, 2.05) is 0 Å². The van der Waals surface area contributed by atoms with Crippen molar-refractivity contribution in [3.8, 4) is 0 Å². The summed E-state index contributed by atoms with van der Waals surface area (Å²) in [7, 11) is 2.17. The minimum atomic E-state index is -0.0228. The Morgan fingerprint density at radius 2 is 0.951 bits per heavy atom. The van der Waals surface area contributed by atoms with Crippen LogP contribution in [0.2, 0.25) is 0 Å². The van der Waals surface area contributed by atoms with E-state index in [1.54, 1.807) is 0 Å². The fourth-order valence-electron chi connectivity index (χ4n) is 6.47. The maximum atomic E-state index is 2.56. The Hall–Kier alpha value is -2.74. The van der Waals surface area contributed by atoms with Gasteiger partial charge in [0.1, 0.15) is 0 Å². The number of rotatable bonds is 17. The second-order valence-corrected chi connectivity index (χ2v) is 12.4. The topological polar surface area (TPSA) is 6.48 Å². The fourth-order valence-corrected chi connectivity index (χ4v) is 6.47. The number of anilines is 2. The lowest BCUT2D eigenvalue weighted by Crippen LogP contribution is -2.28. The van der Waals surface area contributed by atoms with Gasteiger partial charge in [-0.2, -0.15) is 0 Å². The molecule has 0 fully saturated rings. The number of unbranched alkanes of at least 4 members (excludes halogenated alkanes) is 4. The van der Waals surface area contributed by atoms with Crippen LogP contribution in [0.15, 0.2) is 72.8 Å². The third-order valence-corrected chi connectivity index (χ3v) is 9.75. The summed E-state index contributed by atoms with van der Waals surface area (Å²) >= 11 is 0. The molecule has 2 heteroatoms. The zero-order chi connectivity index (χ0) is 29.9. The van der Waals surface area contributed by atoms with Crippen molar-refractivity contribution in [2.75, 3.05) is 36.5 Å². The normalized spacial score (nSPS) is 14.3. The molecule has 3 aromatic carbocycles. The largest absolute Gasteiger partial charge is 0.375 e. The van der Waals surface area contributed by atoms with E-state index in [0.29, 0.717) is 0 Å². The molecular formula is C39H58N2. The molecule has 2 nitrogen and oxygen atoms in total. The molecule has 41 heavy (non-hydrogen) atoms. The SMILES string of the molecule is CCCCCC(C)(c1ccc(N(C)CC)cc1)c1cccc(C(C)(CCCCC)c2ccc(N(CC)CC)cc2)c1. The zero-order valence-electron chi connectivity index (χ0n) is 27.6. The molecule has 0 aliphatic carbocycles. The van der Waals surface area contributed by atoms with Crippen molar-refractivity contribution >= 4 is 11.4 Å². The van der Waals surface area contributed by atoms with Crippen LogP contribution in [-0.2, 0) is 10.8 Å². The highest BCUT2D eigenvalue weighted by Gasteiger charge is 2.33. The molecule has 224 valence electrons. The molecule has 0 amide bonds. The Morgan fingerprint density at radius 1 is 0.512 bits per heavy atom. The van der Waals surface area contributed by atoms with Crippen LogP contribution in [-0.4, -0.2) is 26.7 Å². The third-order valence-electron chi connectivity index (χ3n) is 9.75. The van der Waals surface area contributed by atoms with Crippen LogP contribution < -0.4 is 9.80 Å². The lowest BCUT2D eigenvalue weighted by Gasteiger charge is -2.36.